The van der Waals surface area contributed by atoms with E-state index in [2.05, 4.69) is 9.97 Å². The van der Waals surface area contributed by atoms with E-state index >= 15 is 0 Å². The number of hydrogen-bond acceptors (Lipinski definition) is 5. The molecule has 0 aliphatic rings. The average molecular weight is 414 g/mol. The van der Waals surface area contributed by atoms with Crippen molar-refractivity contribution in [3.63, 3.8) is 0 Å². The number of carboxylic acid groups (broad SMARTS) is 1. The molecule has 0 fully saturated rings. The van der Waals surface area contributed by atoms with Gasteiger partial charge in [-0.1, -0.05) is 17.7 Å². The number of pyridine rings is 1. The second-order valence-electron chi connectivity index (χ2n) is 6.26. The number of aromatic carboxylic acids is 1. The van der Waals surface area contributed by atoms with Crippen LogP contribution in [-0.4, -0.2) is 25.6 Å². The lowest BCUT2D eigenvalue weighted by molar-refractivity contribution is 0.0691. The number of benzene rings is 1. The van der Waals surface area contributed by atoms with Gasteiger partial charge in [0.15, 0.2) is 11.3 Å². The van der Waals surface area contributed by atoms with Crippen LogP contribution in [0.1, 0.15) is 27.4 Å². The van der Waals surface area contributed by atoms with Crippen LogP contribution >= 0.6 is 22.9 Å². The maximum absolute atomic E-state index is 11.2. The number of fused-ring (bicyclic) bond motifs is 1. The van der Waals surface area contributed by atoms with Crippen molar-refractivity contribution in [2.75, 3.05) is 0 Å². The molecule has 4 aromatic rings. The molecule has 0 radical (unpaired) electrons. The third-order valence-corrected chi connectivity index (χ3v) is 5.42. The van der Waals surface area contributed by atoms with Crippen molar-refractivity contribution in [3.05, 3.63) is 74.8 Å². The van der Waals surface area contributed by atoms with E-state index in [1.165, 1.54) is 6.07 Å². The number of imidazole rings is 1. The molecule has 0 bridgehead atoms. The summed E-state index contributed by atoms with van der Waals surface area (Å²) in [5.41, 5.74) is 3.14. The van der Waals surface area contributed by atoms with E-state index in [9.17, 15) is 9.90 Å². The van der Waals surface area contributed by atoms with Crippen LogP contribution in [0, 0.1) is 6.92 Å². The van der Waals surface area contributed by atoms with Gasteiger partial charge in [-0.05, 0) is 59.1 Å². The van der Waals surface area contributed by atoms with E-state index in [0.29, 0.717) is 35.1 Å². The molecule has 142 valence electrons. The van der Waals surface area contributed by atoms with E-state index in [-0.39, 0.29) is 5.69 Å². The molecule has 6 nitrogen and oxygen atoms in total. The van der Waals surface area contributed by atoms with Gasteiger partial charge in [0.05, 0.1) is 6.54 Å². The Morgan fingerprint density at radius 2 is 2.11 bits per heavy atom. The Kier molecular flexibility index (Phi) is 5.02. The lowest BCUT2D eigenvalue weighted by Crippen LogP contribution is -2.06. The summed E-state index contributed by atoms with van der Waals surface area (Å²) in [5.74, 6) is 0.356. The summed E-state index contributed by atoms with van der Waals surface area (Å²) >= 11 is 8.10. The maximum atomic E-state index is 11.2. The highest BCUT2D eigenvalue weighted by atomic mass is 35.5. The van der Waals surface area contributed by atoms with Gasteiger partial charge < -0.3 is 14.4 Å². The van der Waals surface area contributed by atoms with E-state index in [0.717, 1.165) is 17.0 Å². The highest BCUT2D eigenvalue weighted by Gasteiger charge is 2.14. The number of nitrogens with zero attached hydrogens (tertiary/aromatic N) is 3. The Hall–Kier alpha value is -2.90. The van der Waals surface area contributed by atoms with Gasteiger partial charge in [-0.3, -0.25) is 0 Å². The van der Waals surface area contributed by atoms with Gasteiger partial charge in [-0.15, -0.1) is 0 Å². The molecule has 0 aliphatic carbocycles. The molecule has 0 saturated carbocycles. The lowest BCUT2D eigenvalue weighted by atomic mass is 10.2. The first-order valence-electron chi connectivity index (χ1n) is 8.51. The van der Waals surface area contributed by atoms with Crippen molar-refractivity contribution in [2.45, 2.75) is 20.1 Å². The van der Waals surface area contributed by atoms with Gasteiger partial charge in [0.25, 0.3) is 0 Å². The Labute approximate surface area is 170 Å². The molecular weight excluding hydrogens is 398 g/mol. The number of rotatable bonds is 6. The molecule has 0 unspecified atom stereocenters. The highest BCUT2D eigenvalue weighted by Crippen LogP contribution is 2.26. The van der Waals surface area contributed by atoms with Crippen LogP contribution in [0.2, 0.25) is 5.02 Å². The zero-order valence-electron chi connectivity index (χ0n) is 14.9. The van der Waals surface area contributed by atoms with Crippen LogP contribution in [0.5, 0.6) is 5.75 Å². The SMILES string of the molecule is Cc1nc2ccc(C(=O)O)nc2n1Cc1ccc(OCc2ccsc2)cc1Cl. The van der Waals surface area contributed by atoms with Crippen LogP contribution < -0.4 is 4.74 Å². The molecule has 28 heavy (non-hydrogen) atoms. The minimum atomic E-state index is -1.07. The van der Waals surface area contributed by atoms with Crippen molar-refractivity contribution in [1.29, 1.82) is 0 Å². The van der Waals surface area contributed by atoms with Crippen LogP contribution in [-0.2, 0) is 13.2 Å². The van der Waals surface area contributed by atoms with Crippen LogP contribution in [0.3, 0.4) is 0 Å². The standard InChI is InChI=1S/C20H16ClN3O3S/c1-12-22-17-4-5-18(20(25)26)23-19(17)24(12)9-14-2-3-15(8-16(14)21)27-10-13-6-7-28-11-13/h2-8,11H,9-10H2,1H3,(H,25,26). The van der Waals surface area contributed by atoms with Crippen molar-refractivity contribution in [1.82, 2.24) is 14.5 Å². The second kappa shape index (κ2) is 7.61. The van der Waals surface area contributed by atoms with Crippen molar-refractivity contribution in [2.24, 2.45) is 0 Å². The molecule has 0 aliphatic heterocycles. The van der Waals surface area contributed by atoms with Gasteiger partial charge in [0.1, 0.15) is 23.7 Å². The summed E-state index contributed by atoms with van der Waals surface area (Å²) in [6.45, 7) is 2.78. The maximum Gasteiger partial charge on any atom is 0.354 e. The van der Waals surface area contributed by atoms with E-state index in [1.807, 2.05) is 40.5 Å². The molecular formula is C20H16ClN3O3S. The number of aromatic nitrogens is 3. The van der Waals surface area contributed by atoms with E-state index < -0.39 is 5.97 Å². The molecule has 3 aromatic heterocycles. The average Bonchev–Trinajstić information content (AvgIpc) is 3.29. The smallest absolute Gasteiger partial charge is 0.354 e. The fourth-order valence-electron chi connectivity index (χ4n) is 2.88. The Morgan fingerprint density at radius 3 is 2.82 bits per heavy atom. The minimum absolute atomic E-state index is 0.0167. The first kappa shape index (κ1) is 18.5. The summed E-state index contributed by atoms with van der Waals surface area (Å²) in [6.07, 6.45) is 0. The van der Waals surface area contributed by atoms with Gasteiger partial charge >= 0.3 is 5.97 Å². The third kappa shape index (κ3) is 3.72. The van der Waals surface area contributed by atoms with Crippen LogP contribution in [0.4, 0.5) is 0 Å². The molecule has 1 aromatic carbocycles. The molecule has 0 spiro atoms. The highest BCUT2D eigenvalue weighted by molar-refractivity contribution is 7.07. The fourth-order valence-corrected chi connectivity index (χ4v) is 3.76. The van der Waals surface area contributed by atoms with E-state index in [4.69, 9.17) is 16.3 Å². The van der Waals surface area contributed by atoms with E-state index in [1.54, 1.807) is 23.5 Å². The number of hydrogen-bond donors (Lipinski definition) is 1. The number of aryl methyl sites for hydroxylation is 1. The largest absolute Gasteiger partial charge is 0.489 e. The number of carbonyl (C=O) groups is 1. The molecule has 8 heteroatoms. The zero-order valence-corrected chi connectivity index (χ0v) is 16.5. The van der Waals surface area contributed by atoms with Gasteiger partial charge in [0.2, 0.25) is 0 Å². The zero-order chi connectivity index (χ0) is 19.7. The van der Waals surface area contributed by atoms with Crippen LogP contribution in [0.25, 0.3) is 11.2 Å². The topological polar surface area (TPSA) is 77.2 Å². The number of thiophene rings is 1. The van der Waals surface area contributed by atoms with Crippen molar-refractivity contribution >= 4 is 40.1 Å². The van der Waals surface area contributed by atoms with Gasteiger partial charge in [-0.2, -0.15) is 11.3 Å². The predicted octanol–water partition coefficient (Wildman–Crippen LogP) is 4.78. The monoisotopic (exact) mass is 413 g/mol. The third-order valence-electron chi connectivity index (χ3n) is 4.34. The second-order valence-corrected chi connectivity index (χ2v) is 7.45. The Morgan fingerprint density at radius 1 is 1.25 bits per heavy atom. The van der Waals surface area contributed by atoms with Crippen molar-refractivity contribution < 1.29 is 14.6 Å². The first-order valence-corrected chi connectivity index (χ1v) is 9.83. The summed E-state index contributed by atoms with van der Waals surface area (Å²) in [5, 5.41) is 13.8. The Balaban J connectivity index is 1.59. The molecule has 0 amide bonds. The van der Waals surface area contributed by atoms with Gasteiger partial charge in [-0.25, -0.2) is 14.8 Å². The number of carboxylic acids is 1. The molecule has 0 atom stereocenters. The summed E-state index contributed by atoms with van der Waals surface area (Å²) in [7, 11) is 0. The normalized spacial score (nSPS) is 11.1. The molecule has 0 saturated heterocycles. The predicted molar refractivity (Wildman–Crippen MR) is 108 cm³/mol. The Bertz CT molecular complexity index is 1160. The number of halogens is 1. The fraction of sp³-hybridized carbons (Fsp3) is 0.150. The van der Waals surface area contributed by atoms with Gasteiger partial charge in [0, 0.05) is 5.02 Å². The summed E-state index contributed by atoms with van der Waals surface area (Å²) in [4.78, 5) is 19.9. The molecule has 1 N–H and O–H groups in total. The molecule has 4 rings (SSSR count). The first-order chi connectivity index (χ1) is 13.5. The lowest BCUT2D eigenvalue weighted by Gasteiger charge is -2.11. The summed E-state index contributed by atoms with van der Waals surface area (Å²) in [6, 6.07) is 10.7. The number of ether oxygens (including phenoxy) is 1. The summed E-state index contributed by atoms with van der Waals surface area (Å²) < 4.78 is 7.64. The quantitative estimate of drug-likeness (QED) is 0.492. The van der Waals surface area contributed by atoms with Crippen molar-refractivity contribution in [3.8, 4) is 5.75 Å². The minimum Gasteiger partial charge on any atom is -0.489 e. The van der Waals surface area contributed by atoms with Crippen LogP contribution in [0.15, 0.2) is 47.2 Å². The molecule has 3 heterocycles.